The maximum atomic E-state index is 10.9. The number of nitrogens with zero attached hydrogens (tertiary/aromatic N) is 1. The molecule has 104 valence electrons. The second-order valence-corrected chi connectivity index (χ2v) is 3.99. The van der Waals surface area contributed by atoms with Crippen LogP contribution in [0.25, 0.3) is 0 Å². The maximum Gasteiger partial charge on any atom is 0.250 e. The Morgan fingerprint density at radius 2 is 2.10 bits per heavy atom. The fourth-order valence-electron chi connectivity index (χ4n) is 1.59. The first-order chi connectivity index (χ1) is 9.63. The van der Waals surface area contributed by atoms with Crippen LogP contribution >= 0.6 is 0 Å². The smallest absolute Gasteiger partial charge is 0.250 e. The summed E-state index contributed by atoms with van der Waals surface area (Å²) in [4.78, 5) is 14.9. The average Bonchev–Trinajstić information content (AvgIpc) is 2.48. The van der Waals surface area contributed by atoms with Crippen molar-refractivity contribution < 1.29 is 19.4 Å². The standard InChI is InChI=1S/C14H14N2O4/c1-19-12-6-9(8-17)2-4-11(12)20-13-5-3-10(7-16-13)14(15)18/h2-7,17H,8H2,1H3,(H2,15,18). The predicted octanol–water partition coefficient (Wildman–Crippen LogP) is 1.47. The van der Waals surface area contributed by atoms with E-state index in [0.29, 0.717) is 28.5 Å². The van der Waals surface area contributed by atoms with Gasteiger partial charge in [0.05, 0.1) is 19.3 Å². The zero-order valence-electron chi connectivity index (χ0n) is 10.9. The van der Waals surface area contributed by atoms with Crippen molar-refractivity contribution in [2.24, 2.45) is 5.73 Å². The lowest BCUT2D eigenvalue weighted by molar-refractivity contribution is 0.1000. The lowest BCUT2D eigenvalue weighted by atomic mass is 10.2. The number of rotatable bonds is 5. The topological polar surface area (TPSA) is 94.7 Å². The van der Waals surface area contributed by atoms with Gasteiger partial charge in [0, 0.05) is 12.3 Å². The Bertz CT molecular complexity index is 611. The molecule has 0 atom stereocenters. The third-order valence-corrected chi connectivity index (χ3v) is 2.65. The number of nitrogens with two attached hydrogens (primary N) is 1. The zero-order valence-corrected chi connectivity index (χ0v) is 10.9. The van der Waals surface area contributed by atoms with E-state index in [2.05, 4.69) is 4.98 Å². The van der Waals surface area contributed by atoms with Crippen LogP contribution in [0.4, 0.5) is 0 Å². The molecule has 6 nitrogen and oxygen atoms in total. The number of aliphatic hydroxyl groups is 1. The van der Waals surface area contributed by atoms with Crippen molar-refractivity contribution in [3.63, 3.8) is 0 Å². The maximum absolute atomic E-state index is 10.9. The van der Waals surface area contributed by atoms with E-state index < -0.39 is 5.91 Å². The van der Waals surface area contributed by atoms with Gasteiger partial charge in [0.15, 0.2) is 11.5 Å². The number of hydrogen-bond acceptors (Lipinski definition) is 5. The summed E-state index contributed by atoms with van der Waals surface area (Å²) in [6.07, 6.45) is 1.34. The number of amides is 1. The van der Waals surface area contributed by atoms with Gasteiger partial charge in [0.2, 0.25) is 11.8 Å². The first-order valence-corrected chi connectivity index (χ1v) is 5.85. The lowest BCUT2D eigenvalue weighted by Crippen LogP contribution is -2.10. The number of methoxy groups -OCH3 is 1. The summed E-state index contributed by atoms with van der Waals surface area (Å²) in [6.45, 7) is -0.0812. The van der Waals surface area contributed by atoms with E-state index in [1.54, 1.807) is 24.3 Å². The molecule has 0 radical (unpaired) electrons. The van der Waals surface area contributed by atoms with Gasteiger partial charge in [-0.15, -0.1) is 0 Å². The molecule has 1 heterocycles. The van der Waals surface area contributed by atoms with Crippen molar-refractivity contribution in [2.45, 2.75) is 6.61 Å². The molecule has 0 bridgehead atoms. The second kappa shape index (κ2) is 6.03. The second-order valence-electron chi connectivity index (χ2n) is 3.99. The van der Waals surface area contributed by atoms with Crippen LogP contribution in [0.15, 0.2) is 36.5 Å². The Labute approximate surface area is 115 Å². The molecule has 0 fully saturated rings. The fraction of sp³-hybridized carbons (Fsp3) is 0.143. The van der Waals surface area contributed by atoms with E-state index in [-0.39, 0.29) is 6.61 Å². The van der Waals surface area contributed by atoms with E-state index >= 15 is 0 Å². The van der Waals surface area contributed by atoms with E-state index in [4.69, 9.17) is 20.3 Å². The minimum absolute atomic E-state index is 0.0812. The Balaban J connectivity index is 2.23. The van der Waals surface area contributed by atoms with Crippen LogP contribution in [-0.4, -0.2) is 23.1 Å². The molecule has 1 aromatic heterocycles. The number of hydrogen-bond donors (Lipinski definition) is 2. The van der Waals surface area contributed by atoms with E-state index in [9.17, 15) is 4.79 Å². The third-order valence-electron chi connectivity index (χ3n) is 2.65. The number of carbonyl (C=O) groups excluding carboxylic acids is 1. The molecule has 3 N–H and O–H groups in total. The van der Waals surface area contributed by atoms with Gasteiger partial charge in [-0.1, -0.05) is 6.07 Å². The van der Waals surface area contributed by atoms with Crippen molar-refractivity contribution in [1.29, 1.82) is 0 Å². The van der Waals surface area contributed by atoms with Gasteiger partial charge in [0.1, 0.15) is 0 Å². The largest absolute Gasteiger partial charge is 0.493 e. The molecule has 2 rings (SSSR count). The summed E-state index contributed by atoms with van der Waals surface area (Å²) in [7, 11) is 1.51. The molecular weight excluding hydrogens is 260 g/mol. The number of pyridine rings is 1. The quantitative estimate of drug-likeness (QED) is 0.861. The van der Waals surface area contributed by atoms with Crippen molar-refractivity contribution in [3.8, 4) is 17.4 Å². The molecule has 20 heavy (non-hydrogen) atoms. The van der Waals surface area contributed by atoms with Gasteiger partial charge in [-0.2, -0.15) is 0 Å². The molecule has 0 saturated carbocycles. The number of aromatic nitrogens is 1. The highest BCUT2D eigenvalue weighted by molar-refractivity contribution is 5.92. The predicted molar refractivity (Wildman–Crippen MR) is 71.7 cm³/mol. The van der Waals surface area contributed by atoms with Crippen LogP contribution < -0.4 is 15.2 Å². The lowest BCUT2D eigenvalue weighted by Gasteiger charge is -2.10. The summed E-state index contributed by atoms with van der Waals surface area (Å²) < 4.78 is 10.7. The van der Waals surface area contributed by atoms with E-state index in [1.165, 1.54) is 19.4 Å². The minimum atomic E-state index is -0.547. The summed E-state index contributed by atoms with van der Waals surface area (Å²) in [5.41, 5.74) is 6.15. The third kappa shape index (κ3) is 3.04. The van der Waals surface area contributed by atoms with Gasteiger partial charge < -0.3 is 20.3 Å². The summed E-state index contributed by atoms with van der Waals surface area (Å²) in [6, 6.07) is 8.13. The summed E-state index contributed by atoms with van der Waals surface area (Å²) in [5.74, 6) is 0.709. The molecule has 0 aliphatic heterocycles. The monoisotopic (exact) mass is 274 g/mol. The van der Waals surface area contributed by atoms with Gasteiger partial charge in [-0.25, -0.2) is 4.98 Å². The van der Waals surface area contributed by atoms with Crippen molar-refractivity contribution >= 4 is 5.91 Å². The molecule has 0 aliphatic rings. The van der Waals surface area contributed by atoms with Crippen molar-refractivity contribution in [2.75, 3.05) is 7.11 Å². The zero-order chi connectivity index (χ0) is 14.5. The van der Waals surface area contributed by atoms with E-state index in [0.717, 1.165) is 0 Å². The minimum Gasteiger partial charge on any atom is -0.493 e. The number of primary amides is 1. The molecule has 0 saturated heterocycles. The Morgan fingerprint density at radius 3 is 2.65 bits per heavy atom. The summed E-state index contributed by atoms with van der Waals surface area (Å²) >= 11 is 0. The molecule has 0 spiro atoms. The van der Waals surface area contributed by atoms with Crippen LogP contribution in [-0.2, 0) is 6.61 Å². The first kappa shape index (κ1) is 13.8. The highest BCUT2D eigenvalue weighted by Crippen LogP contribution is 2.31. The van der Waals surface area contributed by atoms with Crippen LogP contribution in [0.5, 0.6) is 17.4 Å². The summed E-state index contributed by atoms with van der Waals surface area (Å²) in [5, 5.41) is 9.07. The number of benzene rings is 1. The van der Waals surface area contributed by atoms with Crippen LogP contribution in [0.1, 0.15) is 15.9 Å². The van der Waals surface area contributed by atoms with Gasteiger partial charge in [0.25, 0.3) is 0 Å². The van der Waals surface area contributed by atoms with Gasteiger partial charge in [-0.05, 0) is 23.8 Å². The van der Waals surface area contributed by atoms with Gasteiger partial charge >= 0.3 is 0 Å². The molecule has 2 aromatic rings. The van der Waals surface area contributed by atoms with Crippen LogP contribution in [0, 0.1) is 0 Å². The van der Waals surface area contributed by atoms with E-state index in [1.807, 2.05) is 0 Å². The normalized spacial score (nSPS) is 10.1. The Hall–Kier alpha value is -2.60. The number of ether oxygens (including phenoxy) is 2. The van der Waals surface area contributed by atoms with Crippen molar-refractivity contribution in [1.82, 2.24) is 4.98 Å². The molecule has 1 amide bonds. The fourth-order valence-corrected chi connectivity index (χ4v) is 1.59. The van der Waals surface area contributed by atoms with Crippen LogP contribution in [0.2, 0.25) is 0 Å². The molecule has 0 aliphatic carbocycles. The Kier molecular flexibility index (Phi) is 4.17. The van der Waals surface area contributed by atoms with Crippen LogP contribution in [0.3, 0.4) is 0 Å². The molecule has 6 heteroatoms. The average molecular weight is 274 g/mol. The molecular formula is C14H14N2O4. The Morgan fingerprint density at radius 1 is 1.30 bits per heavy atom. The highest BCUT2D eigenvalue weighted by atomic mass is 16.5. The first-order valence-electron chi connectivity index (χ1n) is 5.85. The van der Waals surface area contributed by atoms with Gasteiger partial charge in [-0.3, -0.25) is 4.79 Å². The van der Waals surface area contributed by atoms with Crippen molar-refractivity contribution in [3.05, 3.63) is 47.7 Å². The highest BCUT2D eigenvalue weighted by Gasteiger charge is 2.08. The SMILES string of the molecule is COc1cc(CO)ccc1Oc1ccc(C(N)=O)cn1. The molecule has 0 unspecified atom stereocenters. The number of aliphatic hydroxyl groups excluding tert-OH is 1. The number of carbonyl (C=O) groups is 1. The molecule has 1 aromatic carbocycles.